The van der Waals surface area contributed by atoms with E-state index in [1.807, 2.05) is 0 Å². The van der Waals surface area contributed by atoms with E-state index in [0.717, 1.165) is 0 Å². The second-order valence-corrected chi connectivity index (χ2v) is 0. The zero-order valence-electron chi connectivity index (χ0n) is 80.8. The molecule has 0 N–H and O–H groups in total. The summed E-state index contributed by atoms with van der Waals surface area (Å²) in [4.78, 5) is 0. The van der Waals surface area contributed by atoms with Crippen molar-refractivity contribution >= 4 is 0 Å². The van der Waals surface area contributed by atoms with Gasteiger partial charge in [0.25, 0.3) is 0 Å². The van der Waals surface area contributed by atoms with Gasteiger partial charge in [-0.3, -0.25) is 0 Å². The van der Waals surface area contributed by atoms with Crippen LogP contribution in [0.5, 0.6) is 0 Å². The zero-order chi connectivity index (χ0) is 0. The van der Waals surface area contributed by atoms with Crippen LogP contribution in [0.3, 0.4) is 0 Å². The smallest absolute Gasteiger partial charge is 0 e. The molecule has 0 aromatic heterocycles. The minimum Gasteiger partial charge on any atom is 0 e. The maximum Gasteiger partial charge on any atom is 0 e. The average Bonchev–Trinajstić information content (AvgIpc) is 0. The summed E-state index contributed by atoms with van der Waals surface area (Å²) in [5, 5.41) is 0. The zero-order valence-corrected chi connectivity index (χ0v) is 478. The molecule has 0 unspecified atom stereocenters. The van der Waals surface area contributed by atoms with Gasteiger partial charge in [0.1, 0.15) is 0 Å². The molecule has 0 saturated carbocycles. The molecule has 0 aliphatic heterocycles. The molecule has 0 nitrogen and oxygen atoms in total. The van der Waals surface area contributed by atoms with Crippen molar-refractivity contribution in [1.82, 2.24) is 0 Å². The van der Waals surface area contributed by atoms with Crippen LogP contribution in [-0.4, -0.2) is 0 Å². The van der Waals surface area contributed by atoms with E-state index in [1.165, 1.54) is 0 Å². The SMILES string of the molecule is [Y].[Y].[Y].[Y].[Y].[Y].[Y].[Y].[Y].[Y].[Y].[Y].[Y].[Y].[Y].[Y].[Y].[Y].[Y].[Y].[Y].[Y].[Y].[Y].[Y].[Y].[Y].[Y].[Y].[Y].[Y].[Y].[Y].[Y].[Y].[Y].[Y].[Y].[Y].[Y].[Y].[Y].[Y].[Y].[Y].[Y].[Y].[Y].[Y].[Y].[Y].[Y].[Y].[Y].[Y].[Y].[Y].[Y].[Y].[Y].[Y].[Y].[Y].[Y].[Y].[Y].[Y].[Y].[Y].[Y].[Y].[Y].[Y].[Y].[Y].[Y].[Y].[Y].[Y].[Y].[Y].[Y].[Y].[Y].[Y].[Y].[Y].[Y].[Y].[Y].[Y].[Y].[Y].[Y].[Y].[Y].[Y].[Y].[Y].[Y].[Y].[Y].[Y].[Y].[Y].[Y].[Y].[Y].[Y].[Y].[Y].[Y].[Y].[Y].[Y].[Y].[Y].[Y].[Y].[Y].[Y].[Y].[Y].[Y].[Y].[Y].[Y].[Y].[Y].[Y].[Y].[Y].[Y].[Y].[Y].[Y].[Y].[Y].[Y].[Y]. The maximum atomic E-state index is 0. The van der Waals surface area contributed by atoms with Gasteiger partial charge >= 0.3 is 0 Å². The third kappa shape index (κ3) is 1040. The van der Waals surface area contributed by atoms with Gasteiger partial charge < -0.3 is 0 Å². The van der Waals surface area contributed by atoms with Crippen LogP contribution < -0.4 is 0 Å². The molecular weight excluding hydrogens is 12400 g/mol. The Morgan fingerprint density at radius 2 is 0.00714 bits per heavy atom. The van der Waals surface area contributed by atoms with Gasteiger partial charge in [0, 0.05) is 4580 Å². The van der Waals surface area contributed by atoms with Crippen molar-refractivity contribution in [2.24, 2.45) is 0 Å². The topological polar surface area (TPSA) is 0 Å². The minimum atomic E-state index is 0. The van der Waals surface area contributed by atoms with Crippen molar-refractivity contribution in [3.8, 4) is 0 Å². The predicted octanol–water partition coefficient (Wildman–Crippen LogP) is -0.350. The van der Waals surface area contributed by atoms with E-state index in [4.69, 9.17) is 0 Å². The molecule has 0 spiro atoms. The third-order valence-electron chi connectivity index (χ3n) is 0. The van der Waals surface area contributed by atoms with Gasteiger partial charge in [-0.1, -0.05) is 0 Å². The fourth-order valence-electron chi connectivity index (χ4n) is 0. The molecule has 0 aliphatic carbocycles. The molecule has 0 fully saturated rings. The van der Waals surface area contributed by atoms with E-state index >= 15 is 0 Å². The predicted molar refractivity (Wildman–Crippen MR) is 0 cm³/mol. The summed E-state index contributed by atoms with van der Waals surface area (Å²) in [6, 6.07) is 0. The van der Waals surface area contributed by atoms with Crippen molar-refractivity contribution in [3.63, 3.8) is 0 Å². The summed E-state index contributed by atoms with van der Waals surface area (Å²) in [6.45, 7) is 0. The Morgan fingerprint density at radius 3 is 0.00714 bits per heavy atom. The van der Waals surface area contributed by atoms with Gasteiger partial charge in [-0.25, -0.2) is 0 Å². The van der Waals surface area contributed by atoms with Crippen molar-refractivity contribution in [2.45, 2.75) is 0 Å². The van der Waals surface area contributed by atoms with Crippen LogP contribution in [-0.2, 0) is 4580 Å². The molecule has 0 aliphatic rings. The van der Waals surface area contributed by atoms with Crippen LogP contribution in [0, 0.1) is 0 Å². The summed E-state index contributed by atoms with van der Waals surface area (Å²) in [6.07, 6.45) is 0. The van der Waals surface area contributed by atoms with Crippen LogP contribution in [0.1, 0.15) is 0 Å². The Kier molecular flexibility index (Phi) is 7980. The monoisotopic (exact) mass is 12400 g/mol. The molecule has 140 heteroatoms. The fraction of sp³-hybridized carbons (Fsp3) is 0. The van der Waals surface area contributed by atoms with Crippen molar-refractivity contribution in [3.05, 3.63) is 0 Å². The van der Waals surface area contributed by atoms with E-state index in [9.17, 15) is 0 Å². The molecular formula is Y140. The summed E-state index contributed by atoms with van der Waals surface area (Å²) in [5.41, 5.74) is 0. The van der Waals surface area contributed by atoms with Crippen LogP contribution in [0.25, 0.3) is 0 Å². The molecule has 140 heavy (non-hydrogen) atoms. The molecule has 0 bridgehead atoms. The Labute approximate surface area is 4400 Å². The largest absolute Gasteiger partial charge is 0 e. The molecule has 140 radical (unpaired) electrons. The van der Waals surface area contributed by atoms with Crippen LogP contribution in [0.15, 0.2) is 0 Å². The van der Waals surface area contributed by atoms with Gasteiger partial charge in [0.05, 0.1) is 0 Å². The molecule has 0 aromatic rings. The summed E-state index contributed by atoms with van der Waals surface area (Å²) in [7, 11) is 0. The molecule has 0 heterocycles. The molecule has 0 saturated heterocycles. The first-order valence-corrected chi connectivity index (χ1v) is 0. The fourth-order valence-corrected chi connectivity index (χ4v) is 0. The van der Waals surface area contributed by atoms with Crippen molar-refractivity contribution in [1.29, 1.82) is 0 Å². The number of hydrogen-bond donors (Lipinski definition) is 0. The van der Waals surface area contributed by atoms with E-state index in [-0.39, 0.29) is 4580 Å². The normalized spacial score (nSPS) is 0. The first kappa shape index (κ1) is 1060. The Balaban J connectivity index is 0. The van der Waals surface area contributed by atoms with Gasteiger partial charge in [-0.15, -0.1) is 0 Å². The summed E-state index contributed by atoms with van der Waals surface area (Å²) in [5.74, 6) is 0. The van der Waals surface area contributed by atoms with Crippen LogP contribution in [0.4, 0.5) is 0 Å². The Hall–Kier alpha value is 155. The Morgan fingerprint density at radius 1 is 0.00714 bits per heavy atom. The first-order chi connectivity index (χ1) is 0. The van der Waals surface area contributed by atoms with Crippen LogP contribution in [0.2, 0.25) is 0 Å². The summed E-state index contributed by atoms with van der Waals surface area (Å²) >= 11 is 0. The van der Waals surface area contributed by atoms with Gasteiger partial charge in [-0.05, 0) is 0 Å². The molecule has 0 aromatic carbocycles. The van der Waals surface area contributed by atoms with Gasteiger partial charge in [0.15, 0.2) is 0 Å². The van der Waals surface area contributed by atoms with Gasteiger partial charge in [0.2, 0.25) is 0 Å². The van der Waals surface area contributed by atoms with E-state index in [0.29, 0.717) is 0 Å². The third-order valence-corrected chi connectivity index (χ3v) is 0. The second-order valence-electron chi connectivity index (χ2n) is 0. The first-order valence-electron chi connectivity index (χ1n) is 0. The minimum absolute atomic E-state index is 0. The van der Waals surface area contributed by atoms with E-state index < -0.39 is 0 Å². The summed E-state index contributed by atoms with van der Waals surface area (Å²) < 4.78 is 0. The molecule has 0 atom stereocenters. The second kappa shape index (κ2) is 1050. The molecule has 0 rings (SSSR count). The molecule has 420 valence electrons. The quantitative estimate of drug-likeness (QED) is 0.312. The average molecular weight is 12400 g/mol. The maximum absolute atomic E-state index is 0. The van der Waals surface area contributed by atoms with Crippen molar-refractivity contribution in [2.75, 3.05) is 0 Å². The van der Waals surface area contributed by atoms with E-state index in [1.54, 1.807) is 0 Å². The Bertz CT molecular complexity index is 0. The van der Waals surface area contributed by atoms with Crippen LogP contribution >= 0.6 is 0 Å². The standard InChI is InChI=1S/140Y. The van der Waals surface area contributed by atoms with Gasteiger partial charge in [-0.2, -0.15) is 0 Å². The number of rotatable bonds is 0. The van der Waals surface area contributed by atoms with E-state index in [2.05, 4.69) is 0 Å². The van der Waals surface area contributed by atoms with Crippen molar-refractivity contribution < 1.29 is 4580 Å². The molecule has 0 amide bonds. The number of hydrogen-bond acceptors (Lipinski definition) is 0.